The second-order valence-corrected chi connectivity index (χ2v) is 4.56. The Morgan fingerprint density at radius 1 is 1.29 bits per heavy atom. The van der Waals surface area contributed by atoms with Crippen LogP contribution in [0.15, 0.2) is 28.7 Å². The third-order valence-corrected chi connectivity index (χ3v) is 3.44. The van der Waals surface area contributed by atoms with Crippen molar-refractivity contribution in [3.8, 4) is 0 Å². The van der Waals surface area contributed by atoms with Gasteiger partial charge in [0.25, 0.3) is 6.01 Å². The second-order valence-electron chi connectivity index (χ2n) is 4.56. The van der Waals surface area contributed by atoms with Gasteiger partial charge >= 0.3 is 0 Å². The first-order valence-corrected chi connectivity index (χ1v) is 6.14. The van der Waals surface area contributed by atoms with E-state index in [1.807, 2.05) is 24.3 Å². The van der Waals surface area contributed by atoms with Crippen molar-refractivity contribution in [2.45, 2.75) is 18.9 Å². The summed E-state index contributed by atoms with van der Waals surface area (Å²) in [7, 11) is 2.07. The lowest BCUT2D eigenvalue weighted by molar-refractivity contribution is 0.423. The van der Waals surface area contributed by atoms with Gasteiger partial charge < -0.3 is 14.6 Å². The summed E-state index contributed by atoms with van der Waals surface area (Å²) in [5.41, 5.74) is 1.80. The number of nitrogens with one attached hydrogen (secondary N) is 1. The Morgan fingerprint density at radius 2 is 2.06 bits per heavy atom. The molecule has 0 spiro atoms. The minimum absolute atomic E-state index is 0.532. The summed E-state index contributed by atoms with van der Waals surface area (Å²) >= 11 is 0. The SMILES string of the molecule is CN(c1nc2ccccc2o1)C1CCNCC1. The highest BCUT2D eigenvalue weighted by Crippen LogP contribution is 2.24. The van der Waals surface area contributed by atoms with Crippen LogP contribution in [0, 0.1) is 0 Å². The molecule has 4 nitrogen and oxygen atoms in total. The van der Waals surface area contributed by atoms with Gasteiger partial charge in [-0.3, -0.25) is 0 Å². The molecular weight excluding hydrogens is 214 g/mol. The number of fused-ring (bicyclic) bond motifs is 1. The van der Waals surface area contributed by atoms with Crippen LogP contribution in [-0.2, 0) is 0 Å². The summed E-state index contributed by atoms with van der Waals surface area (Å²) in [5.74, 6) is 0. The number of benzene rings is 1. The minimum Gasteiger partial charge on any atom is -0.423 e. The molecule has 0 radical (unpaired) electrons. The van der Waals surface area contributed by atoms with E-state index in [9.17, 15) is 0 Å². The summed E-state index contributed by atoms with van der Waals surface area (Å²) in [5, 5.41) is 3.37. The molecule has 2 aromatic rings. The fourth-order valence-corrected chi connectivity index (χ4v) is 2.36. The number of nitrogens with zero attached hydrogens (tertiary/aromatic N) is 2. The average Bonchev–Trinajstić information content (AvgIpc) is 2.82. The molecule has 1 fully saturated rings. The maximum absolute atomic E-state index is 5.78. The average molecular weight is 231 g/mol. The Labute approximate surface area is 101 Å². The number of aromatic nitrogens is 1. The van der Waals surface area contributed by atoms with E-state index in [1.54, 1.807) is 0 Å². The molecule has 1 aliphatic heterocycles. The molecule has 0 aliphatic carbocycles. The molecular formula is C13H17N3O. The predicted octanol–water partition coefficient (Wildman–Crippen LogP) is 2.02. The van der Waals surface area contributed by atoms with Crippen LogP contribution in [0.1, 0.15) is 12.8 Å². The molecule has 0 atom stereocenters. The predicted molar refractivity (Wildman–Crippen MR) is 68.3 cm³/mol. The first kappa shape index (κ1) is 10.6. The van der Waals surface area contributed by atoms with Gasteiger partial charge in [0.15, 0.2) is 5.58 Å². The van der Waals surface area contributed by atoms with Crippen LogP contribution >= 0.6 is 0 Å². The highest BCUT2D eigenvalue weighted by atomic mass is 16.4. The van der Waals surface area contributed by atoms with Gasteiger partial charge in [-0.1, -0.05) is 12.1 Å². The number of oxazole rings is 1. The van der Waals surface area contributed by atoms with Gasteiger partial charge in [-0.2, -0.15) is 4.98 Å². The summed E-state index contributed by atoms with van der Waals surface area (Å²) in [6.45, 7) is 2.16. The molecule has 1 saturated heterocycles. The van der Waals surface area contributed by atoms with Gasteiger partial charge in [-0.25, -0.2) is 0 Å². The van der Waals surface area contributed by atoms with Crippen LogP contribution in [0.25, 0.3) is 11.1 Å². The fraction of sp³-hybridized carbons (Fsp3) is 0.462. The summed E-state index contributed by atoms with van der Waals surface area (Å²) in [6, 6.07) is 9.17. The van der Waals surface area contributed by atoms with Crippen molar-refractivity contribution in [2.24, 2.45) is 0 Å². The Kier molecular flexibility index (Phi) is 2.73. The van der Waals surface area contributed by atoms with Gasteiger partial charge in [0.1, 0.15) is 5.52 Å². The molecule has 1 aliphatic rings. The number of hydrogen-bond acceptors (Lipinski definition) is 4. The third kappa shape index (κ3) is 2.00. The lowest BCUT2D eigenvalue weighted by Crippen LogP contribution is -2.41. The van der Waals surface area contributed by atoms with Crippen molar-refractivity contribution in [3.05, 3.63) is 24.3 Å². The van der Waals surface area contributed by atoms with Crippen molar-refractivity contribution in [3.63, 3.8) is 0 Å². The first-order valence-electron chi connectivity index (χ1n) is 6.14. The number of para-hydroxylation sites is 2. The Bertz CT molecular complexity index is 469. The number of piperidine rings is 1. The lowest BCUT2D eigenvalue weighted by atomic mass is 10.1. The molecule has 0 bridgehead atoms. The minimum atomic E-state index is 0.532. The molecule has 0 unspecified atom stereocenters. The van der Waals surface area contributed by atoms with E-state index in [2.05, 4.69) is 22.2 Å². The topological polar surface area (TPSA) is 41.3 Å². The molecule has 4 heteroatoms. The zero-order chi connectivity index (χ0) is 11.7. The quantitative estimate of drug-likeness (QED) is 0.858. The van der Waals surface area contributed by atoms with E-state index >= 15 is 0 Å². The summed E-state index contributed by atoms with van der Waals surface area (Å²) in [4.78, 5) is 6.69. The Balaban J connectivity index is 1.86. The van der Waals surface area contributed by atoms with Crippen molar-refractivity contribution in [1.29, 1.82) is 0 Å². The zero-order valence-corrected chi connectivity index (χ0v) is 10.0. The van der Waals surface area contributed by atoms with E-state index < -0.39 is 0 Å². The van der Waals surface area contributed by atoms with Gasteiger partial charge in [-0.15, -0.1) is 0 Å². The van der Waals surface area contributed by atoms with Crippen molar-refractivity contribution in [2.75, 3.05) is 25.0 Å². The molecule has 0 amide bonds. The number of rotatable bonds is 2. The van der Waals surface area contributed by atoms with E-state index in [0.29, 0.717) is 6.04 Å². The maximum atomic E-state index is 5.78. The maximum Gasteiger partial charge on any atom is 0.298 e. The highest BCUT2D eigenvalue weighted by Gasteiger charge is 2.21. The van der Waals surface area contributed by atoms with Gasteiger partial charge in [0, 0.05) is 13.1 Å². The summed E-state index contributed by atoms with van der Waals surface area (Å²) < 4.78 is 5.78. The molecule has 3 rings (SSSR count). The lowest BCUT2D eigenvalue weighted by Gasteiger charge is -2.30. The van der Waals surface area contributed by atoms with Crippen LogP contribution in [0.4, 0.5) is 6.01 Å². The van der Waals surface area contributed by atoms with E-state index in [0.717, 1.165) is 43.0 Å². The largest absolute Gasteiger partial charge is 0.423 e. The Hall–Kier alpha value is -1.55. The normalized spacial score (nSPS) is 17.5. The van der Waals surface area contributed by atoms with Gasteiger partial charge in [0.2, 0.25) is 0 Å². The fourth-order valence-electron chi connectivity index (χ4n) is 2.36. The van der Waals surface area contributed by atoms with E-state index in [1.165, 1.54) is 0 Å². The number of anilines is 1. The third-order valence-electron chi connectivity index (χ3n) is 3.44. The Morgan fingerprint density at radius 3 is 2.82 bits per heavy atom. The first-order chi connectivity index (χ1) is 8.34. The van der Waals surface area contributed by atoms with Crippen LogP contribution < -0.4 is 10.2 Å². The molecule has 2 heterocycles. The van der Waals surface area contributed by atoms with Crippen LogP contribution in [0.2, 0.25) is 0 Å². The monoisotopic (exact) mass is 231 g/mol. The molecule has 17 heavy (non-hydrogen) atoms. The molecule has 1 aromatic heterocycles. The summed E-state index contributed by atoms with van der Waals surface area (Å²) in [6.07, 6.45) is 2.30. The zero-order valence-electron chi connectivity index (χ0n) is 10.0. The van der Waals surface area contributed by atoms with E-state index in [4.69, 9.17) is 4.42 Å². The molecule has 1 aromatic carbocycles. The number of hydrogen-bond donors (Lipinski definition) is 1. The standard InChI is InChI=1S/C13H17N3O/c1-16(10-6-8-14-9-7-10)13-15-11-4-2-3-5-12(11)17-13/h2-5,10,14H,6-9H2,1H3. The van der Waals surface area contributed by atoms with E-state index in [-0.39, 0.29) is 0 Å². The van der Waals surface area contributed by atoms with Crippen LogP contribution in [0.3, 0.4) is 0 Å². The smallest absolute Gasteiger partial charge is 0.298 e. The van der Waals surface area contributed by atoms with Crippen molar-refractivity contribution < 1.29 is 4.42 Å². The molecule has 0 saturated carbocycles. The van der Waals surface area contributed by atoms with Crippen molar-refractivity contribution >= 4 is 17.1 Å². The van der Waals surface area contributed by atoms with Crippen LogP contribution in [-0.4, -0.2) is 31.2 Å². The second kappa shape index (κ2) is 4.37. The van der Waals surface area contributed by atoms with Crippen LogP contribution in [0.5, 0.6) is 0 Å². The highest BCUT2D eigenvalue weighted by molar-refractivity contribution is 5.74. The van der Waals surface area contributed by atoms with Crippen molar-refractivity contribution in [1.82, 2.24) is 10.3 Å². The molecule has 1 N–H and O–H groups in total. The van der Waals surface area contributed by atoms with Gasteiger partial charge in [0.05, 0.1) is 0 Å². The molecule has 90 valence electrons. The van der Waals surface area contributed by atoms with Gasteiger partial charge in [-0.05, 0) is 38.1 Å².